The number of aromatic nitrogens is 2. The monoisotopic (exact) mass is 224 g/mol. The van der Waals surface area contributed by atoms with Crippen molar-refractivity contribution in [2.45, 2.75) is 33.4 Å². The maximum absolute atomic E-state index is 11.6. The molecular weight excluding hydrogens is 208 g/mol. The van der Waals surface area contributed by atoms with Crippen LogP contribution in [0.1, 0.15) is 25.6 Å². The van der Waals surface area contributed by atoms with Gasteiger partial charge in [0.15, 0.2) is 5.82 Å². The number of nitrogens with zero attached hydrogens (tertiary/aromatic N) is 2. The van der Waals surface area contributed by atoms with Gasteiger partial charge in [-0.3, -0.25) is 10.1 Å². The van der Waals surface area contributed by atoms with Crippen molar-refractivity contribution < 1.29 is 9.32 Å². The lowest BCUT2D eigenvalue weighted by molar-refractivity contribution is -0.121. The highest BCUT2D eigenvalue weighted by Gasteiger charge is 2.40. The fourth-order valence-corrected chi connectivity index (χ4v) is 1.85. The number of hydrogen-bond acceptors (Lipinski definition) is 5. The number of carbonyl (C=O) groups excluding carboxylic acids is 1. The molecule has 2 heterocycles. The fraction of sp³-hybridized carbons (Fsp3) is 0.700. The molecule has 2 rings (SSSR count). The second kappa shape index (κ2) is 3.86. The summed E-state index contributed by atoms with van der Waals surface area (Å²) in [4.78, 5) is 15.7. The van der Waals surface area contributed by atoms with Crippen molar-refractivity contribution in [1.82, 2.24) is 20.8 Å². The number of carbonyl (C=O) groups is 1. The highest BCUT2D eigenvalue weighted by Crippen LogP contribution is 2.24. The summed E-state index contributed by atoms with van der Waals surface area (Å²) in [5.74, 6) is 1.14. The first-order valence-corrected chi connectivity index (χ1v) is 5.29. The van der Waals surface area contributed by atoms with Crippen molar-refractivity contribution in [3.63, 3.8) is 0 Å². The van der Waals surface area contributed by atoms with Crippen LogP contribution in [-0.4, -0.2) is 28.6 Å². The minimum atomic E-state index is -0.202. The van der Waals surface area contributed by atoms with E-state index in [1.807, 2.05) is 13.8 Å². The average molecular weight is 224 g/mol. The number of hydrogen-bond donors (Lipinski definition) is 2. The van der Waals surface area contributed by atoms with Gasteiger partial charge in [0.2, 0.25) is 11.8 Å². The maximum atomic E-state index is 11.6. The Morgan fingerprint density at radius 2 is 2.38 bits per heavy atom. The Morgan fingerprint density at radius 1 is 1.62 bits per heavy atom. The van der Waals surface area contributed by atoms with Gasteiger partial charge in [0.25, 0.3) is 0 Å². The van der Waals surface area contributed by atoms with Crippen LogP contribution in [0.5, 0.6) is 0 Å². The molecule has 1 fully saturated rings. The first-order valence-electron chi connectivity index (χ1n) is 5.29. The van der Waals surface area contributed by atoms with E-state index in [9.17, 15) is 4.79 Å². The molecule has 0 saturated carbocycles. The maximum Gasteiger partial charge on any atom is 0.237 e. The number of nitrogens with one attached hydrogen (secondary N) is 2. The fourth-order valence-electron chi connectivity index (χ4n) is 1.85. The van der Waals surface area contributed by atoms with Gasteiger partial charge in [0, 0.05) is 18.9 Å². The largest absolute Gasteiger partial charge is 0.354 e. The highest BCUT2D eigenvalue weighted by atomic mass is 16.5. The van der Waals surface area contributed by atoms with Crippen LogP contribution in [0.3, 0.4) is 0 Å². The molecule has 16 heavy (non-hydrogen) atoms. The quantitative estimate of drug-likeness (QED) is 0.755. The molecule has 1 aromatic rings. The highest BCUT2D eigenvalue weighted by molar-refractivity contribution is 5.85. The molecule has 0 spiro atoms. The summed E-state index contributed by atoms with van der Waals surface area (Å²) >= 11 is 0. The van der Waals surface area contributed by atoms with Crippen molar-refractivity contribution in [3.05, 3.63) is 11.7 Å². The van der Waals surface area contributed by atoms with E-state index in [-0.39, 0.29) is 17.4 Å². The Balaban J connectivity index is 1.97. The van der Waals surface area contributed by atoms with E-state index >= 15 is 0 Å². The minimum Gasteiger partial charge on any atom is -0.354 e. The van der Waals surface area contributed by atoms with E-state index in [0.717, 1.165) is 0 Å². The molecular formula is C10H16N4O2. The lowest BCUT2D eigenvalue weighted by Gasteiger charge is -2.23. The smallest absolute Gasteiger partial charge is 0.237 e. The standard InChI is InChI=1S/C10H16N4O2/c1-6-13-7(14-16-6)4-11-8-9(15)12-5-10(8,2)3/h8,11H,4-5H2,1-3H3,(H,12,15). The molecule has 1 atom stereocenters. The molecule has 1 aliphatic heterocycles. The number of aryl methyl sites for hydroxylation is 1. The molecule has 1 unspecified atom stereocenters. The summed E-state index contributed by atoms with van der Waals surface area (Å²) in [5.41, 5.74) is -0.0874. The second-order valence-corrected chi connectivity index (χ2v) is 4.75. The first kappa shape index (κ1) is 11.1. The Kier molecular flexibility index (Phi) is 2.67. The van der Waals surface area contributed by atoms with Crippen LogP contribution >= 0.6 is 0 Å². The molecule has 0 radical (unpaired) electrons. The molecule has 1 aromatic heterocycles. The molecule has 1 amide bonds. The summed E-state index contributed by atoms with van der Waals surface area (Å²) in [6, 6.07) is -0.202. The summed E-state index contributed by atoms with van der Waals surface area (Å²) < 4.78 is 4.86. The zero-order valence-corrected chi connectivity index (χ0v) is 9.70. The summed E-state index contributed by atoms with van der Waals surface area (Å²) in [7, 11) is 0. The van der Waals surface area contributed by atoms with Gasteiger partial charge in [-0.25, -0.2) is 0 Å². The molecule has 1 saturated heterocycles. The van der Waals surface area contributed by atoms with Crippen molar-refractivity contribution in [2.75, 3.05) is 6.54 Å². The third kappa shape index (κ3) is 2.06. The van der Waals surface area contributed by atoms with Gasteiger partial charge in [-0.15, -0.1) is 0 Å². The van der Waals surface area contributed by atoms with Gasteiger partial charge >= 0.3 is 0 Å². The van der Waals surface area contributed by atoms with Gasteiger partial charge in [0.05, 0.1) is 12.6 Å². The zero-order chi connectivity index (χ0) is 11.8. The summed E-state index contributed by atoms with van der Waals surface area (Å²) in [6.45, 7) is 6.96. The predicted molar refractivity (Wildman–Crippen MR) is 56.5 cm³/mol. The molecule has 88 valence electrons. The van der Waals surface area contributed by atoms with Crippen LogP contribution in [0.4, 0.5) is 0 Å². The molecule has 6 heteroatoms. The van der Waals surface area contributed by atoms with E-state index in [1.54, 1.807) is 6.92 Å². The minimum absolute atomic E-state index is 0.0326. The number of amides is 1. The van der Waals surface area contributed by atoms with Crippen molar-refractivity contribution in [2.24, 2.45) is 5.41 Å². The Morgan fingerprint density at radius 3 is 2.88 bits per heavy atom. The molecule has 0 aliphatic carbocycles. The van der Waals surface area contributed by atoms with Gasteiger partial charge in [0.1, 0.15) is 0 Å². The third-order valence-corrected chi connectivity index (χ3v) is 2.80. The van der Waals surface area contributed by atoms with Gasteiger partial charge < -0.3 is 9.84 Å². The number of rotatable bonds is 3. The molecule has 2 N–H and O–H groups in total. The van der Waals surface area contributed by atoms with Crippen LogP contribution < -0.4 is 10.6 Å². The van der Waals surface area contributed by atoms with Crippen LogP contribution in [0.15, 0.2) is 4.52 Å². The van der Waals surface area contributed by atoms with E-state index in [1.165, 1.54) is 0 Å². The molecule has 1 aliphatic rings. The van der Waals surface area contributed by atoms with Crippen molar-refractivity contribution >= 4 is 5.91 Å². The zero-order valence-electron chi connectivity index (χ0n) is 9.70. The van der Waals surface area contributed by atoms with Crippen LogP contribution in [0.25, 0.3) is 0 Å². The Bertz CT molecular complexity index is 399. The third-order valence-electron chi connectivity index (χ3n) is 2.80. The Hall–Kier alpha value is -1.43. The lowest BCUT2D eigenvalue weighted by atomic mass is 9.87. The van der Waals surface area contributed by atoms with E-state index in [0.29, 0.717) is 24.8 Å². The Labute approximate surface area is 93.8 Å². The molecule has 6 nitrogen and oxygen atoms in total. The van der Waals surface area contributed by atoms with Crippen LogP contribution in [0, 0.1) is 12.3 Å². The second-order valence-electron chi connectivity index (χ2n) is 4.75. The van der Waals surface area contributed by atoms with Gasteiger partial charge in [-0.1, -0.05) is 19.0 Å². The predicted octanol–water partition coefficient (Wildman–Crippen LogP) is -0.00778. The van der Waals surface area contributed by atoms with E-state index in [2.05, 4.69) is 20.8 Å². The lowest BCUT2D eigenvalue weighted by Crippen LogP contribution is -2.43. The first-order chi connectivity index (χ1) is 7.49. The summed E-state index contributed by atoms with van der Waals surface area (Å²) in [6.07, 6.45) is 0. The van der Waals surface area contributed by atoms with Crippen LogP contribution in [0.2, 0.25) is 0 Å². The van der Waals surface area contributed by atoms with Gasteiger partial charge in [-0.2, -0.15) is 4.98 Å². The SMILES string of the molecule is Cc1nc(CNC2C(=O)NCC2(C)C)no1. The van der Waals surface area contributed by atoms with Gasteiger partial charge in [-0.05, 0) is 0 Å². The summed E-state index contributed by atoms with van der Waals surface area (Å²) in [5, 5.41) is 9.76. The van der Waals surface area contributed by atoms with Crippen molar-refractivity contribution in [3.8, 4) is 0 Å². The normalized spacial score (nSPS) is 23.4. The van der Waals surface area contributed by atoms with E-state index < -0.39 is 0 Å². The topological polar surface area (TPSA) is 80.0 Å². The van der Waals surface area contributed by atoms with E-state index in [4.69, 9.17) is 4.52 Å². The molecule has 0 aromatic carbocycles. The molecule has 0 bridgehead atoms. The average Bonchev–Trinajstić information content (AvgIpc) is 2.70. The van der Waals surface area contributed by atoms with Crippen molar-refractivity contribution in [1.29, 1.82) is 0 Å². The van der Waals surface area contributed by atoms with Crippen LogP contribution in [-0.2, 0) is 11.3 Å².